The van der Waals surface area contributed by atoms with Crippen LogP contribution in [0.4, 0.5) is 0 Å². The molecule has 15 heavy (non-hydrogen) atoms. The maximum atomic E-state index is 3.63. The summed E-state index contributed by atoms with van der Waals surface area (Å²) in [6, 6.07) is 8.85. The van der Waals surface area contributed by atoms with E-state index in [-0.39, 0.29) is 0 Å². The minimum absolute atomic E-state index is 0.371. The number of halogens is 2. The molecule has 0 aliphatic carbocycles. The Bertz CT molecular complexity index is 301. The van der Waals surface area contributed by atoms with Gasteiger partial charge in [0.25, 0.3) is 0 Å². The Morgan fingerprint density at radius 1 is 1.27 bits per heavy atom. The SMILES string of the molecule is CC(Br)CC(C)(C)Cc1ccc(I)cc1. The van der Waals surface area contributed by atoms with Crippen LogP contribution in [0, 0.1) is 8.99 Å². The van der Waals surface area contributed by atoms with Gasteiger partial charge >= 0.3 is 0 Å². The maximum Gasteiger partial charge on any atom is 0.0130 e. The van der Waals surface area contributed by atoms with E-state index >= 15 is 0 Å². The van der Waals surface area contributed by atoms with Crippen LogP contribution in [0.15, 0.2) is 24.3 Å². The predicted octanol–water partition coefficient (Wildman–Crippen LogP) is 5.03. The van der Waals surface area contributed by atoms with Crippen LogP contribution in [0.5, 0.6) is 0 Å². The third-order valence-corrected chi connectivity index (χ3v) is 3.47. The Morgan fingerprint density at radius 2 is 1.80 bits per heavy atom. The highest BCUT2D eigenvalue weighted by atomic mass is 127. The predicted molar refractivity (Wildman–Crippen MR) is 79.7 cm³/mol. The van der Waals surface area contributed by atoms with E-state index in [2.05, 4.69) is 83.6 Å². The van der Waals surface area contributed by atoms with Crippen LogP contribution in [0.1, 0.15) is 32.8 Å². The molecule has 0 aliphatic rings. The number of rotatable bonds is 4. The first-order valence-electron chi connectivity index (χ1n) is 5.27. The van der Waals surface area contributed by atoms with Gasteiger partial charge in [0, 0.05) is 8.40 Å². The number of alkyl halides is 1. The fraction of sp³-hybridized carbons (Fsp3) is 0.538. The summed E-state index contributed by atoms with van der Waals surface area (Å²) in [7, 11) is 0. The smallest absolute Gasteiger partial charge is 0.0130 e. The average Bonchev–Trinajstić information content (AvgIpc) is 2.06. The highest BCUT2D eigenvalue weighted by Gasteiger charge is 2.20. The lowest BCUT2D eigenvalue weighted by Crippen LogP contribution is -2.18. The molecular formula is C13H18BrI. The Kier molecular flexibility index (Phi) is 5.10. The molecule has 1 aromatic carbocycles. The van der Waals surface area contributed by atoms with Crippen LogP contribution >= 0.6 is 38.5 Å². The number of hydrogen-bond acceptors (Lipinski definition) is 0. The van der Waals surface area contributed by atoms with Gasteiger partial charge in [-0.3, -0.25) is 0 Å². The van der Waals surface area contributed by atoms with Crippen LogP contribution in [-0.2, 0) is 6.42 Å². The van der Waals surface area contributed by atoms with Crippen LogP contribution < -0.4 is 0 Å². The maximum absolute atomic E-state index is 3.63. The summed E-state index contributed by atoms with van der Waals surface area (Å²) in [6.07, 6.45) is 2.36. The van der Waals surface area contributed by atoms with Gasteiger partial charge in [0.1, 0.15) is 0 Å². The molecule has 0 amide bonds. The van der Waals surface area contributed by atoms with Crippen molar-refractivity contribution in [2.45, 2.75) is 38.4 Å². The Balaban J connectivity index is 2.64. The van der Waals surface area contributed by atoms with Gasteiger partial charge in [0.15, 0.2) is 0 Å². The molecule has 0 radical (unpaired) electrons. The Morgan fingerprint density at radius 3 is 2.27 bits per heavy atom. The molecule has 0 saturated heterocycles. The van der Waals surface area contributed by atoms with Gasteiger partial charge in [-0.2, -0.15) is 0 Å². The monoisotopic (exact) mass is 380 g/mol. The molecule has 0 nitrogen and oxygen atoms in total. The second-order valence-corrected chi connectivity index (χ2v) is 7.76. The third-order valence-electron chi connectivity index (χ3n) is 2.43. The number of benzene rings is 1. The first-order chi connectivity index (χ1) is 6.89. The van der Waals surface area contributed by atoms with Crippen molar-refractivity contribution in [3.63, 3.8) is 0 Å². The summed E-state index contributed by atoms with van der Waals surface area (Å²) in [4.78, 5) is 0.594. The van der Waals surface area contributed by atoms with E-state index in [1.807, 2.05) is 0 Å². The van der Waals surface area contributed by atoms with Crippen molar-refractivity contribution < 1.29 is 0 Å². The zero-order valence-electron chi connectivity index (χ0n) is 9.56. The lowest BCUT2D eigenvalue weighted by molar-refractivity contribution is 0.335. The summed E-state index contributed by atoms with van der Waals surface area (Å²) in [5.74, 6) is 0. The van der Waals surface area contributed by atoms with Gasteiger partial charge in [-0.1, -0.05) is 48.8 Å². The molecule has 0 heterocycles. The van der Waals surface area contributed by atoms with Crippen LogP contribution in [0.25, 0.3) is 0 Å². The van der Waals surface area contributed by atoms with Crippen molar-refractivity contribution in [2.24, 2.45) is 5.41 Å². The van der Waals surface area contributed by atoms with E-state index in [0.29, 0.717) is 10.2 Å². The third kappa shape index (κ3) is 5.34. The first-order valence-corrected chi connectivity index (χ1v) is 7.27. The van der Waals surface area contributed by atoms with Crippen molar-refractivity contribution in [1.29, 1.82) is 0 Å². The molecule has 0 N–H and O–H groups in total. The van der Waals surface area contributed by atoms with E-state index in [4.69, 9.17) is 0 Å². The molecule has 84 valence electrons. The van der Waals surface area contributed by atoms with Crippen LogP contribution in [0.2, 0.25) is 0 Å². The fourth-order valence-corrected chi connectivity index (χ4v) is 3.22. The van der Waals surface area contributed by atoms with Crippen molar-refractivity contribution >= 4 is 38.5 Å². The van der Waals surface area contributed by atoms with E-state index < -0.39 is 0 Å². The quantitative estimate of drug-likeness (QED) is 0.507. The fourth-order valence-electron chi connectivity index (χ4n) is 1.99. The molecule has 1 atom stereocenters. The van der Waals surface area contributed by atoms with E-state index in [1.165, 1.54) is 15.6 Å². The van der Waals surface area contributed by atoms with E-state index in [9.17, 15) is 0 Å². The molecule has 1 aromatic rings. The zero-order chi connectivity index (χ0) is 11.5. The summed E-state index contributed by atoms with van der Waals surface area (Å²) in [5, 5.41) is 0. The van der Waals surface area contributed by atoms with Crippen molar-refractivity contribution in [3.8, 4) is 0 Å². The summed E-state index contributed by atoms with van der Waals surface area (Å²) in [5.41, 5.74) is 1.81. The van der Waals surface area contributed by atoms with Gasteiger partial charge in [0.05, 0.1) is 0 Å². The topological polar surface area (TPSA) is 0 Å². The molecule has 0 aromatic heterocycles. The van der Waals surface area contributed by atoms with Gasteiger partial charge in [-0.05, 0) is 58.5 Å². The molecule has 0 fully saturated rings. The van der Waals surface area contributed by atoms with E-state index in [1.54, 1.807) is 0 Å². The van der Waals surface area contributed by atoms with Gasteiger partial charge in [-0.15, -0.1) is 0 Å². The van der Waals surface area contributed by atoms with Crippen LogP contribution in [-0.4, -0.2) is 4.83 Å². The molecule has 2 heteroatoms. The normalized spacial score (nSPS) is 13.9. The lowest BCUT2D eigenvalue weighted by Gasteiger charge is -2.26. The molecule has 0 spiro atoms. The van der Waals surface area contributed by atoms with Crippen LogP contribution in [0.3, 0.4) is 0 Å². The molecule has 0 saturated carbocycles. The van der Waals surface area contributed by atoms with Crippen molar-refractivity contribution in [2.75, 3.05) is 0 Å². The average molecular weight is 381 g/mol. The first kappa shape index (κ1) is 13.5. The van der Waals surface area contributed by atoms with Crippen molar-refractivity contribution in [1.82, 2.24) is 0 Å². The summed E-state index contributed by atoms with van der Waals surface area (Å²) in [6.45, 7) is 6.89. The molecular weight excluding hydrogens is 363 g/mol. The molecule has 1 unspecified atom stereocenters. The minimum Gasteiger partial charge on any atom is -0.0893 e. The highest BCUT2D eigenvalue weighted by molar-refractivity contribution is 14.1. The molecule has 1 rings (SSSR count). The second kappa shape index (κ2) is 5.67. The van der Waals surface area contributed by atoms with Gasteiger partial charge in [0.2, 0.25) is 0 Å². The summed E-state index contributed by atoms with van der Waals surface area (Å²) < 4.78 is 1.31. The van der Waals surface area contributed by atoms with Gasteiger partial charge in [-0.25, -0.2) is 0 Å². The summed E-state index contributed by atoms with van der Waals surface area (Å²) >= 11 is 5.98. The highest BCUT2D eigenvalue weighted by Crippen LogP contribution is 2.29. The van der Waals surface area contributed by atoms with E-state index in [0.717, 1.165) is 6.42 Å². The Labute approximate surface area is 115 Å². The Hall–Kier alpha value is 0.430. The number of hydrogen-bond donors (Lipinski definition) is 0. The second-order valence-electron chi connectivity index (χ2n) is 4.95. The molecule has 0 aliphatic heterocycles. The zero-order valence-corrected chi connectivity index (χ0v) is 13.3. The molecule has 0 bridgehead atoms. The standard InChI is InChI=1S/C13H18BrI/c1-10(14)8-13(2,3)9-11-4-6-12(15)7-5-11/h4-7,10H,8-9H2,1-3H3. The van der Waals surface area contributed by atoms with Crippen molar-refractivity contribution in [3.05, 3.63) is 33.4 Å². The largest absolute Gasteiger partial charge is 0.0893 e. The lowest BCUT2D eigenvalue weighted by atomic mass is 9.82. The minimum atomic E-state index is 0.371. The van der Waals surface area contributed by atoms with Gasteiger partial charge < -0.3 is 0 Å².